The van der Waals surface area contributed by atoms with Crippen LogP contribution >= 0.6 is 43.5 Å². The minimum Gasteiger partial charge on any atom is -0.381 e. The average molecular weight is 404 g/mol. The van der Waals surface area contributed by atoms with E-state index in [1.807, 2.05) is 12.1 Å². The van der Waals surface area contributed by atoms with Gasteiger partial charge in [0.25, 0.3) is 0 Å². The molecule has 2 aromatic rings. The summed E-state index contributed by atoms with van der Waals surface area (Å²) in [7, 11) is 0. The number of hydrogen-bond donors (Lipinski definition) is 1. The Bertz CT molecular complexity index is 588. The van der Waals surface area contributed by atoms with E-state index in [2.05, 4.69) is 69.2 Å². The van der Waals surface area contributed by atoms with Crippen LogP contribution in [0.4, 0.5) is 5.69 Å². The SMILES string of the molecule is Cc1cc(NCc2ccc(Br)c(Cl)c2)cc(C)c1Br. The molecule has 0 spiro atoms. The van der Waals surface area contributed by atoms with Crippen LogP contribution in [-0.4, -0.2) is 0 Å². The number of benzene rings is 2. The van der Waals surface area contributed by atoms with Gasteiger partial charge in [0.1, 0.15) is 0 Å². The molecule has 0 aliphatic rings. The standard InChI is InChI=1S/C15H14Br2ClN/c1-9-5-12(6-10(2)15(9)17)19-8-11-3-4-13(16)14(18)7-11/h3-7,19H,8H2,1-2H3. The van der Waals surface area contributed by atoms with Crippen molar-refractivity contribution in [3.8, 4) is 0 Å². The second-order valence-corrected chi connectivity index (χ2v) is 6.58. The van der Waals surface area contributed by atoms with Gasteiger partial charge in [-0.3, -0.25) is 0 Å². The minimum atomic E-state index is 0.738. The Hall–Kier alpha value is -0.510. The van der Waals surface area contributed by atoms with Crippen LogP contribution in [0, 0.1) is 13.8 Å². The summed E-state index contributed by atoms with van der Waals surface area (Å²) in [4.78, 5) is 0. The first-order valence-corrected chi connectivity index (χ1v) is 7.88. The Morgan fingerprint density at radius 1 is 1.05 bits per heavy atom. The molecule has 4 heteroatoms. The Labute approximate surface area is 135 Å². The molecule has 0 aromatic heterocycles. The lowest BCUT2D eigenvalue weighted by atomic mass is 10.1. The summed E-state index contributed by atoms with van der Waals surface area (Å²) < 4.78 is 2.10. The smallest absolute Gasteiger partial charge is 0.0551 e. The van der Waals surface area contributed by atoms with E-state index in [0.29, 0.717) is 0 Å². The fourth-order valence-electron chi connectivity index (χ4n) is 1.90. The van der Waals surface area contributed by atoms with Crippen molar-refractivity contribution in [3.05, 3.63) is 61.0 Å². The molecule has 1 nitrogen and oxygen atoms in total. The Kier molecular flexibility index (Phi) is 4.93. The zero-order valence-corrected chi connectivity index (χ0v) is 14.7. The molecule has 0 unspecified atom stereocenters. The van der Waals surface area contributed by atoms with Gasteiger partial charge in [-0.15, -0.1) is 0 Å². The van der Waals surface area contributed by atoms with Gasteiger partial charge >= 0.3 is 0 Å². The molecule has 0 bridgehead atoms. The highest BCUT2D eigenvalue weighted by Crippen LogP contribution is 2.26. The van der Waals surface area contributed by atoms with Gasteiger partial charge in [-0.1, -0.05) is 33.6 Å². The third-order valence-electron chi connectivity index (χ3n) is 2.92. The molecular formula is C15H14Br2ClN. The second-order valence-electron chi connectivity index (χ2n) is 4.53. The number of aryl methyl sites for hydroxylation is 2. The fraction of sp³-hybridized carbons (Fsp3) is 0.200. The van der Waals surface area contributed by atoms with Crippen LogP contribution in [-0.2, 0) is 6.54 Å². The highest BCUT2D eigenvalue weighted by Gasteiger charge is 2.03. The summed E-state index contributed by atoms with van der Waals surface area (Å²) in [6.07, 6.45) is 0. The van der Waals surface area contributed by atoms with Crippen molar-refractivity contribution < 1.29 is 0 Å². The van der Waals surface area contributed by atoms with Gasteiger partial charge in [0, 0.05) is 21.2 Å². The van der Waals surface area contributed by atoms with Crippen LogP contribution in [0.2, 0.25) is 5.02 Å². The number of hydrogen-bond acceptors (Lipinski definition) is 1. The number of nitrogens with one attached hydrogen (secondary N) is 1. The van der Waals surface area contributed by atoms with Gasteiger partial charge in [0.15, 0.2) is 0 Å². The first kappa shape index (κ1) is 14.9. The maximum Gasteiger partial charge on any atom is 0.0551 e. The highest BCUT2D eigenvalue weighted by molar-refractivity contribution is 9.10. The number of anilines is 1. The molecule has 2 rings (SSSR count). The molecule has 0 amide bonds. The molecule has 100 valence electrons. The molecule has 2 aromatic carbocycles. The fourth-order valence-corrected chi connectivity index (χ4v) is 2.58. The van der Waals surface area contributed by atoms with E-state index in [1.165, 1.54) is 15.6 Å². The normalized spacial score (nSPS) is 10.6. The number of rotatable bonds is 3. The first-order valence-electron chi connectivity index (χ1n) is 5.92. The highest BCUT2D eigenvalue weighted by atomic mass is 79.9. The molecule has 0 radical (unpaired) electrons. The van der Waals surface area contributed by atoms with Crippen molar-refractivity contribution in [2.24, 2.45) is 0 Å². The van der Waals surface area contributed by atoms with E-state index in [9.17, 15) is 0 Å². The van der Waals surface area contributed by atoms with Crippen molar-refractivity contribution in [2.45, 2.75) is 20.4 Å². The van der Waals surface area contributed by atoms with E-state index < -0.39 is 0 Å². The third kappa shape index (κ3) is 3.74. The van der Waals surface area contributed by atoms with Crippen LogP contribution in [0.5, 0.6) is 0 Å². The lowest BCUT2D eigenvalue weighted by Crippen LogP contribution is -2.00. The second kappa shape index (κ2) is 6.29. The summed E-state index contributed by atoms with van der Waals surface area (Å²) >= 11 is 13.1. The summed E-state index contributed by atoms with van der Waals surface area (Å²) in [5, 5.41) is 4.16. The Morgan fingerprint density at radius 2 is 1.68 bits per heavy atom. The topological polar surface area (TPSA) is 12.0 Å². The molecule has 0 saturated heterocycles. The predicted octanol–water partition coefficient (Wildman–Crippen LogP) is 6.09. The van der Waals surface area contributed by atoms with Gasteiger partial charge in [0.2, 0.25) is 0 Å². The van der Waals surface area contributed by atoms with Crippen LogP contribution in [0.1, 0.15) is 16.7 Å². The van der Waals surface area contributed by atoms with E-state index in [4.69, 9.17) is 11.6 Å². The Balaban J connectivity index is 2.12. The quantitative estimate of drug-likeness (QED) is 0.653. The van der Waals surface area contributed by atoms with Gasteiger partial charge in [0.05, 0.1) is 5.02 Å². The van der Waals surface area contributed by atoms with E-state index >= 15 is 0 Å². The molecule has 0 atom stereocenters. The summed E-state index contributed by atoms with van der Waals surface area (Å²) in [5.74, 6) is 0. The molecule has 0 aliphatic heterocycles. The van der Waals surface area contributed by atoms with Crippen LogP contribution in [0.15, 0.2) is 39.3 Å². The maximum absolute atomic E-state index is 6.09. The van der Waals surface area contributed by atoms with Crippen molar-refractivity contribution in [2.75, 3.05) is 5.32 Å². The zero-order chi connectivity index (χ0) is 14.0. The molecule has 0 fully saturated rings. The lowest BCUT2D eigenvalue weighted by molar-refractivity contribution is 1.14. The lowest BCUT2D eigenvalue weighted by Gasteiger charge is -2.11. The molecule has 0 aliphatic carbocycles. The summed E-state index contributed by atoms with van der Waals surface area (Å²) in [6, 6.07) is 10.3. The van der Waals surface area contributed by atoms with E-state index in [1.54, 1.807) is 0 Å². The van der Waals surface area contributed by atoms with Gasteiger partial charge in [-0.25, -0.2) is 0 Å². The largest absolute Gasteiger partial charge is 0.381 e. The minimum absolute atomic E-state index is 0.738. The summed E-state index contributed by atoms with van der Waals surface area (Å²) in [5.41, 5.74) is 4.75. The molecule has 1 N–H and O–H groups in total. The van der Waals surface area contributed by atoms with E-state index in [0.717, 1.165) is 27.3 Å². The zero-order valence-electron chi connectivity index (χ0n) is 10.7. The van der Waals surface area contributed by atoms with Crippen LogP contribution in [0.25, 0.3) is 0 Å². The predicted molar refractivity (Wildman–Crippen MR) is 90.1 cm³/mol. The monoisotopic (exact) mass is 401 g/mol. The van der Waals surface area contributed by atoms with Crippen molar-refractivity contribution >= 4 is 49.1 Å². The van der Waals surface area contributed by atoms with Crippen LogP contribution in [0.3, 0.4) is 0 Å². The average Bonchev–Trinajstić information content (AvgIpc) is 2.37. The molecule has 0 saturated carbocycles. The third-order valence-corrected chi connectivity index (χ3v) is 5.40. The number of halogens is 3. The first-order chi connectivity index (χ1) is 8.97. The van der Waals surface area contributed by atoms with Gasteiger partial charge in [-0.2, -0.15) is 0 Å². The van der Waals surface area contributed by atoms with Gasteiger partial charge in [-0.05, 0) is 70.7 Å². The van der Waals surface area contributed by atoms with Crippen molar-refractivity contribution in [1.29, 1.82) is 0 Å². The van der Waals surface area contributed by atoms with Crippen LogP contribution < -0.4 is 5.32 Å². The maximum atomic E-state index is 6.09. The van der Waals surface area contributed by atoms with E-state index in [-0.39, 0.29) is 0 Å². The Morgan fingerprint density at radius 3 is 2.26 bits per heavy atom. The van der Waals surface area contributed by atoms with Crippen molar-refractivity contribution in [1.82, 2.24) is 0 Å². The van der Waals surface area contributed by atoms with Gasteiger partial charge < -0.3 is 5.32 Å². The molecular weight excluding hydrogens is 389 g/mol. The molecule has 0 heterocycles. The van der Waals surface area contributed by atoms with Crippen molar-refractivity contribution in [3.63, 3.8) is 0 Å². The summed E-state index contributed by atoms with van der Waals surface area (Å²) in [6.45, 7) is 4.95. The molecule has 19 heavy (non-hydrogen) atoms.